The van der Waals surface area contributed by atoms with Gasteiger partial charge in [-0.25, -0.2) is 0 Å². The summed E-state index contributed by atoms with van der Waals surface area (Å²) in [5, 5.41) is 11.6. The lowest BCUT2D eigenvalue weighted by atomic mass is 10.1. The number of hydrogen-bond donors (Lipinski definition) is 0. The lowest BCUT2D eigenvalue weighted by Gasteiger charge is -2.12. The van der Waals surface area contributed by atoms with Crippen molar-refractivity contribution in [1.29, 1.82) is 0 Å². The van der Waals surface area contributed by atoms with E-state index in [1.54, 1.807) is 18.2 Å². The molecule has 7 nitrogen and oxygen atoms in total. The van der Waals surface area contributed by atoms with Crippen LogP contribution in [-0.4, -0.2) is 25.5 Å². The highest BCUT2D eigenvalue weighted by atomic mass is 79.9. The molecule has 0 aliphatic carbocycles. The van der Waals surface area contributed by atoms with Crippen LogP contribution in [0.1, 0.15) is 16.7 Å². The number of imide groups is 1. The van der Waals surface area contributed by atoms with Crippen LogP contribution in [-0.2, 0) is 17.9 Å². The van der Waals surface area contributed by atoms with E-state index < -0.39 is 4.92 Å². The van der Waals surface area contributed by atoms with Crippen molar-refractivity contribution in [3.05, 3.63) is 115 Å². The van der Waals surface area contributed by atoms with Crippen LogP contribution in [0.15, 0.2) is 88.4 Å². The molecular formula is C26H18BrN3O4S. The maximum absolute atomic E-state index is 13.1. The van der Waals surface area contributed by atoms with Crippen molar-refractivity contribution >= 4 is 61.5 Å². The fraction of sp³-hybridized carbons (Fsp3) is 0.0769. The van der Waals surface area contributed by atoms with Crippen LogP contribution >= 0.6 is 27.7 Å². The highest BCUT2D eigenvalue weighted by Gasteiger charge is 2.35. The molecule has 5 rings (SSSR count). The van der Waals surface area contributed by atoms with Crippen LogP contribution in [0, 0.1) is 10.1 Å². The second-order valence-electron chi connectivity index (χ2n) is 8.05. The van der Waals surface area contributed by atoms with E-state index in [0.717, 1.165) is 43.8 Å². The monoisotopic (exact) mass is 547 g/mol. The van der Waals surface area contributed by atoms with Crippen molar-refractivity contribution in [2.24, 2.45) is 0 Å². The summed E-state index contributed by atoms with van der Waals surface area (Å²) in [5.74, 6) is -0.313. The Bertz CT molecular complexity index is 1510. The predicted octanol–water partition coefficient (Wildman–Crippen LogP) is 6.60. The van der Waals surface area contributed by atoms with Gasteiger partial charge in [-0.15, -0.1) is 0 Å². The Morgan fingerprint density at radius 2 is 1.71 bits per heavy atom. The third kappa shape index (κ3) is 4.78. The summed E-state index contributed by atoms with van der Waals surface area (Å²) >= 11 is 4.36. The highest BCUT2D eigenvalue weighted by molar-refractivity contribution is 9.10. The van der Waals surface area contributed by atoms with Crippen LogP contribution in [0.4, 0.5) is 10.5 Å². The zero-order valence-corrected chi connectivity index (χ0v) is 20.7. The number of amides is 2. The van der Waals surface area contributed by atoms with Crippen molar-refractivity contribution in [2.45, 2.75) is 13.1 Å². The first-order valence-electron chi connectivity index (χ1n) is 10.7. The number of nitro groups is 1. The van der Waals surface area contributed by atoms with Gasteiger partial charge in [-0.05, 0) is 47.2 Å². The van der Waals surface area contributed by atoms with Crippen LogP contribution in [0.3, 0.4) is 0 Å². The lowest BCUT2D eigenvalue weighted by Crippen LogP contribution is -2.27. The van der Waals surface area contributed by atoms with E-state index >= 15 is 0 Å². The van der Waals surface area contributed by atoms with E-state index in [4.69, 9.17) is 0 Å². The number of carbonyl (C=O) groups excluding carboxylic acids is 2. The molecule has 3 aromatic carbocycles. The first-order chi connectivity index (χ1) is 16.9. The zero-order chi connectivity index (χ0) is 24.5. The van der Waals surface area contributed by atoms with Crippen LogP contribution < -0.4 is 0 Å². The van der Waals surface area contributed by atoms with Gasteiger partial charge in [0.15, 0.2) is 0 Å². The molecule has 1 aliphatic rings. The zero-order valence-electron chi connectivity index (χ0n) is 18.3. The molecule has 0 N–H and O–H groups in total. The van der Waals surface area contributed by atoms with E-state index in [2.05, 4.69) is 15.9 Å². The molecule has 35 heavy (non-hydrogen) atoms. The standard InChI is InChI=1S/C26H18BrN3O4S/c27-20-5-3-4-18(12-20)15-29-25(31)24(35-26(29)32)13-19-16-28(23-7-2-1-6-22(19)23)14-17-8-10-21(11-9-17)30(33)34/h1-13,16H,14-15H2/b24-13-. The maximum atomic E-state index is 13.1. The van der Waals surface area contributed by atoms with Gasteiger partial charge >= 0.3 is 0 Å². The third-order valence-corrected chi connectivity index (χ3v) is 7.11. The number of halogens is 1. The molecule has 0 bridgehead atoms. The van der Waals surface area contributed by atoms with Crippen LogP contribution in [0.2, 0.25) is 0 Å². The molecule has 1 aromatic heterocycles. The maximum Gasteiger partial charge on any atom is 0.293 e. The second kappa shape index (κ2) is 9.52. The Hall–Kier alpha value is -3.69. The first kappa shape index (κ1) is 23.1. The minimum absolute atomic E-state index is 0.0467. The number of hydrogen-bond acceptors (Lipinski definition) is 5. The van der Waals surface area contributed by atoms with Crippen molar-refractivity contribution in [3.63, 3.8) is 0 Å². The molecule has 174 valence electrons. The van der Waals surface area contributed by atoms with Gasteiger partial charge in [0.05, 0.1) is 16.4 Å². The van der Waals surface area contributed by atoms with Crippen molar-refractivity contribution in [2.75, 3.05) is 0 Å². The summed E-state index contributed by atoms with van der Waals surface area (Å²) in [6.07, 6.45) is 3.70. The number of carbonyl (C=O) groups is 2. The molecule has 4 aromatic rings. The second-order valence-corrected chi connectivity index (χ2v) is 9.96. The Kier molecular flexibility index (Phi) is 6.27. The van der Waals surface area contributed by atoms with E-state index in [0.29, 0.717) is 11.4 Å². The molecule has 0 unspecified atom stereocenters. The third-order valence-electron chi connectivity index (χ3n) is 5.71. The Balaban J connectivity index is 1.44. The summed E-state index contributed by atoms with van der Waals surface area (Å²) < 4.78 is 2.92. The van der Waals surface area contributed by atoms with E-state index in [-0.39, 0.29) is 23.4 Å². The molecule has 1 fully saturated rings. The quantitative estimate of drug-likeness (QED) is 0.154. The Morgan fingerprint density at radius 1 is 0.943 bits per heavy atom. The van der Waals surface area contributed by atoms with Crippen LogP contribution in [0.25, 0.3) is 17.0 Å². The van der Waals surface area contributed by atoms with Crippen molar-refractivity contribution in [1.82, 2.24) is 9.47 Å². The van der Waals surface area contributed by atoms with Gasteiger partial charge in [0.2, 0.25) is 0 Å². The molecule has 1 aliphatic heterocycles. The van der Waals surface area contributed by atoms with Crippen LogP contribution in [0.5, 0.6) is 0 Å². The number of non-ortho nitro benzene ring substituents is 1. The Morgan fingerprint density at radius 3 is 2.46 bits per heavy atom. The summed E-state index contributed by atoms with van der Waals surface area (Å²) in [7, 11) is 0. The molecule has 2 heterocycles. The minimum Gasteiger partial charge on any atom is -0.342 e. The van der Waals surface area contributed by atoms with Crippen molar-refractivity contribution < 1.29 is 14.5 Å². The molecule has 1 saturated heterocycles. The van der Waals surface area contributed by atoms with Gasteiger partial charge in [0, 0.05) is 45.8 Å². The van der Waals surface area contributed by atoms with E-state index in [1.807, 2.05) is 59.3 Å². The summed E-state index contributed by atoms with van der Waals surface area (Å²) in [6, 6.07) is 21.8. The SMILES string of the molecule is O=C1S/C(=C\c2cn(Cc3ccc([N+](=O)[O-])cc3)c3ccccc23)C(=O)N1Cc1cccc(Br)c1. The van der Waals surface area contributed by atoms with Gasteiger partial charge < -0.3 is 4.57 Å². The van der Waals surface area contributed by atoms with Gasteiger partial charge in [-0.1, -0.05) is 58.4 Å². The fourth-order valence-corrected chi connectivity index (χ4v) is 5.31. The number of para-hydroxylation sites is 1. The molecule has 0 spiro atoms. The number of aromatic nitrogens is 1. The number of thioether (sulfide) groups is 1. The topological polar surface area (TPSA) is 85.5 Å². The number of nitro benzene ring substituents is 1. The minimum atomic E-state index is -0.420. The molecule has 2 amide bonds. The number of benzene rings is 3. The van der Waals surface area contributed by atoms with Gasteiger partial charge in [0.25, 0.3) is 16.8 Å². The number of nitrogens with zero attached hydrogens (tertiary/aromatic N) is 3. The van der Waals surface area contributed by atoms with Gasteiger partial charge in [-0.2, -0.15) is 0 Å². The average molecular weight is 548 g/mol. The van der Waals surface area contributed by atoms with E-state index in [9.17, 15) is 19.7 Å². The van der Waals surface area contributed by atoms with Gasteiger partial charge in [-0.3, -0.25) is 24.6 Å². The average Bonchev–Trinajstić information content (AvgIpc) is 3.31. The van der Waals surface area contributed by atoms with Crippen molar-refractivity contribution in [3.8, 4) is 0 Å². The summed E-state index contributed by atoms with van der Waals surface area (Å²) in [5.41, 5.74) is 3.62. The Labute approximate surface area is 213 Å². The first-order valence-corrected chi connectivity index (χ1v) is 12.3. The summed E-state index contributed by atoms with van der Waals surface area (Å²) in [6.45, 7) is 0.722. The predicted molar refractivity (Wildman–Crippen MR) is 140 cm³/mol. The molecule has 0 radical (unpaired) electrons. The number of rotatable bonds is 6. The molecule has 9 heteroatoms. The largest absolute Gasteiger partial charge is 0.342 e. The molecule has 0 saturated carbocycles. The molecule has 0 atom stereocenters. The van der Waals surface area contributed by atoms with E-state index in [1.165, 1.54) is 17.0 Å². The highest BCUT2D eigenvalue weighted by Crippen LogP contribution is 2.35. The smallest absolute Gasteiger partial charge is 0.293 e. The molecular weight excluding hydrogens is 530 g/mol. The lowest BCUT2D eigenvalue weighted by molar-refractivity contribution is -0.384. The fourth-order valence-electron chi connectivity index (χ4n) is 4.04. The normalized spacial score (nSPS) is 14.9. The summed E-state index contributed by atoms with van der Waals surface area (Å²) in [4.78, 5) is 37.8. The van der Waals surface area contributed by atoms with Gasteiger partial charge in [0.1, 0.15) is 0 Å². The number of fused-ring (bicyclic) bond motifs is 1.